The van der Waals surface area contributed by atoms with Gasteiger partial charge in [0.15, 0.2) is 0 Å². The summed E-state index contributed by atoms with van der Waals surface area (Å²) in [5.41, 5.74) is 6.78. The average Bonchev–Trinajstić information content (AvgIpc) is 3.36. The molecule has 0 saturated carbocycles. The summed E-state index contributed by atoms with van der Waals surface area (Å²) in [5.74, 6) is 0.878. The maximum absolute atomic E-state index is 5.58. The first kappa shape index (κ1) is 18.0. The fourth-order valence-corrected chi connectivity index (χ4v) is 3.72. The zero-order valence-electron chi connectivity index (χ0n) is 16.5. The second kappa shape index (κ2) is 8.14. The molecular weight excluding hydrogens is 366 g/mol. The van der Waals surface area contributed by atoms with Crippen molar-refractivity contribution in [2.45, 2.75) is 0 Å². The molecule has 30 heavy (non-hydrogen) atoms. The van der Waals surface area contributed by atoms with E-state index in [1.165, 1.54) is 0 Å². The highest BCUT2D eigenvalue weighted by atomic mass is 16.3. The van der Waals surface area contributed by atoms with Gasteiger partial charge < -0.3 is 9.32 Å². The minimum Gasteiger partial charge on any atom is -0.464 e. The van der Waals surface area contributed by atoms with Gasteiger partial charge in [0.05, 0.1) is 6.26 Å². The SMILES string of the molecule is c1ccc(N(c2ccccc2)c2cccc(-c3cccc(-c4ccco4)c3)c2)cc1. The molecule has 2 heteroatoms. The van der Waals surface area contributed by atoms with Crippen molar-refractivity contribution in [1.82, 2.24) is 0 Å². The largest absolute Gasteiger partial charge is 0.464 e. The number of rotatable bonds is 5. The third kappa shape index (κ3) is 3.63. The zero-order chi connectivity index (χ0) is 20.2. The molecule has 1 aromatic heterocycles. The molecule has 0 aliphatic heterocycles. The van der Waals surface area contributed by atoms with Crippen LogP contribution in [0.15, 0.2) is 132 Å². The van der Waals surface area contributed by atoms with E-state index in [9.17, 15) is 0 Å². The minimum absolute atomic E-state index is 0.878. The number of nitrogens with zero attached hydrogens (tertiary/aromatic N) is 1. The summed E-state index contributed by atoms with van der Waals surface area (Å²) >= 11 is 0. The topological polar surface area (TPSA) is 16.4 Å². The van der Waals surface area contributed by atoms with Crippen LogP contribution in [0.3, 0.4) is 0 Å². The van der Waals surface area contributed by atoms with Gasteiger partial charge in [0, 0.05) is 22.6 Å². The Morgan fingerprint density at radius 2 is 1.00 bits per heavy atom. The van der Waals surface area contributed by atoms with E-state index < -0.39 is 0 Å². The summed E-state index contributed by atoms with van der Waals surface area (Å²) < 4.78 is 5.58. The maximum Gasteiger partial charge on any atom is 0.133 e. The predicted octanol–water partition coefficient (Wildman–Crippen LogP) is 8.08. The van der Waals surface area contributed by atoms with Crippen LogP contribution in [0.4, 0.5) is 17.1 Å². The number of hydrogen-bond acceptors (Lipinski definition) is 2. The van der Waals surface area contributed by atoms with Crippen molar-refractivity contribution in [3.8, 4) is 22.5 Å². The van der Waals surface area contributed by atoms with Gasteiger partial charge in [-0.3, -0.25) is 0 Å². The second-order valence-corrected chi connectivity index (χ2v) is 7.11. The fourth-order valence-electron chi connectivity index (χ4n) is 3.72. The number of benzene rings is 4. The van der Waals surface area contributed by atoms with Crippen molar-refractivity contribution >= 4 is 17.1 Å². The molecule has 2 nitrogen and oxygen atoms in total. The normalized spacial score (nSPS) is 10.7. The Morgan fingerprint density at radius 3 is 1.63 bits per heavy atom. The van der Waals surface area contributed by atoms with Gasteiger partial charge in [-0.05, 0) is 65.7 Å². The average molecular weight is 387 g/mol. The lowest BCUT2D eigenvalue weighted by atomic mass is 10.0. The molecule has 0 saturated heterocycles. The van der Waals surface area contributed by atoms with E-state index in [1.807, 2.05) is 24.3 Å². The Balaban J connectivity index is 1.59. The van der Waals surface area contributed by atoms with E-state index >= 15 is 0 Å². The number of furan rings is 1. The van der Waals surface area contributed by atoms with Crippen molar-refractivity contribution < 1.29 is 4.42 Å². The predicted molar refractivity (Wildman–Crippen MR) is 124 cm³/mol. The monoisotopic (exact) mass is 387 g/mol. The van der Waals surface area contributed by atoms with Crippen LogP contribution >= 0.6 is 0 Å². The van der Waals surface area contributed by atoms with Crippen LogP contribution < -0.4 is 4.90 Å². The van der Waals surface area contributed by atoms with Gasteiger partial charge in [-0.15, -0.1) is 0 Å². The lowest BCUT2D eigenvalue weighted by molar-refractivity contribution is 0.582. The molecule has 0 atom stereocenters. The van der Waals surface area contributed by atoms with Gasteiger partial charge in [-0.25, -0.2) is 0 Å². The molecule has 0 aliphatic rings. The quantitative estimate of drug-likeness (QED) is 0.303. The standard InChI is InChI=1S/C28H21NO/c1-3-13-25(14-4-1)29(26-15-5-2-6-16-26)27-17-8-11-23(21-27)22-10-7-12-24(20-22)28-18-9-19-30-28/h1-21H. The number of hydrogen-bond donors (Lipinski definition) is 0. The van der Waals surface area contributed by atoms with Crippen molar-refractivity contribution in [2.75, 3.05) is 4.90 Å². The van der Waals surface area contributed by atoms with Gasteiger partial charge in [-0.1, -0.05) is 66.7 Å². The Labute approximate surface area is 176 Å². The molecule has 5 aromatic rings. The third-order valence-corrected chi connectivity index (χ3v) is 5.13. The van der Waals surface area contributed by atoms with E-state index in [-0.39, 0.29) is 0 Å². The maximum atomic E-state index is 5.58. The molecular formula is C28H21NO. The molecule has 5 rings (SSSR count). The highest BCUT2D eigenvalue weighted by Gasteiger charge is 2.13. The van der Waals surface area contributed by atoms with Gasteiger partial charge in [0.2, 0.25) is 0 Å². The Bertz CT molecular complexity index is 1190. The van der Waals surface area contributed by atoms with Gasteiger partial charge in [0.1, 0.15) is 5.76 Å². The first-order valence-corrected chi connectivity index (χ1v) is 10.0. The molecule has 0 aliphatic carbocycles. The first-order valence-electron chi connectivity index (χ1n) is 10.0. The zero-order valence-corrected chi connectivity index (χ0v) is 16.5. The van der Waals surface area contributed by atoms with Crippen LogP contribution in [0, 0.1) is 0 Å². The summed E-state index contributed by atoms with van der Waals surface area (Å²) in [5, 5.41) is 0. The lowest BCUT2D eigenvalue weighted by Crippen LogP contribution is -2.09. The summed E-state index contributed by atoms with van der Waals surface area (Å²) in [6.07, 6.45) is 1.71. The van der Waals surface area contributed by atoms with E-state index in [1.54, 1.807) is 6.26 Å². The van der Waals surface area contributed by atoms with E-state index in [0.717, 1.165) is 39.5 Å². The lowest BCUT2D eigenvalue weighted by Gasteiger charge is -2.26. The number of anilines is 3. The van der Waals surface area contributed by atoms with Crippen LogP contribution in [-0.2, 0) is 0 Å². The highest BCUT2D eigenvalue weighted by molar-refractivity contribution is 5.80. The Hall–Kier alpha value is -4.04. The van der Waals surface area contributed by atoms with Gasteiger partial charge >= 0.3 is 0 Å². The van der Waals surface area contributed by atoms with E-state index in [4.69, 9.17) is 4.42 Å². The molecule has 144 valence electrons. The van der Waals surface area contributed by atoms with Crippen molar-refractivity contribution in [2.24, 2.45) is 0 Å². The fraction of sp³-hybridized carbons (Fsp3) is 0. The van der Waals surface area contributed by atoms with Crippen LogP contribution in [0.5, 0.6) is 0 Å². The van der Waals surface area contributed by atoms with Gasteiger partial charge in [-0.2, -0.15) is 0 Å². The molecule has 0 unspecified atom stereocenters. The number of para-hydroxylation sites is 2. The molecule has 0 fully saturated rings. The molecule has 0 spiro atoms. The van der Waals surface area contributed by atoms with Crippen LogP contribution in [0.25, 0.3) is 22.5 Å². The first-order chi connectivity index (χ1) is 14.9. The van der Waals surface area contributed by atoms with Crippen molar-refractivity contribution in [1.29, 1.82) is 0 Å². The van der Waals surface area contributed by atoms with Crippen molar-refractivity contribution in [3.63, 3.8) is 0 Å². The summed E-state index contributed by atoms with van der Waals surface area (Å²) in [6, 6.07) is 41.9. The molecule has 0 bridgehead atoms. The molecule has 1 heterocycles. The summed E-state index contributed by atoms with van der Waals surface area (Å²) in [7, 11) is 0. The molecule has 0 N–H and O–H groups in total. The Kier molecular flexibility index (Phi) is 4.89. The van der Waals surface area contributed by atoms with E-state index in [2.05, 4.69) is 102 Å². The Morgan fingerprint density at radius 1 is 0.433 bits per heavy atom. The van der Waals surface area contributed by atoms with Gasteiger partial charge in [0.25, 0.3) is 0 Å². The van der Waals surface area contributed by atoms with Crippen LogP contribution in [0.2, 0.25) is 0 Å². The van der Waals surface area contributed by atoms with Crippen molar-refractivity contribution in [3.05, 3.63) is 128 Å². The minimum atomic E-state index is 0.878. The highest BCUT2D eigenvalue weighted by Crippen LogP contribution is 2.36. The summed E-state index contributed by atoms with van der Waals surface area (Å²) in [6.45, 7) is 0. The van der Waals surface area contributed by atoms with Crippen LogP contribution in [0.1, 0.15) is 0 Å². The molecule has 0 radical (unpaired) electrons. The smallest absolute Gasteiger partial charge is 0.133 e. The summed E-state index contributed by atoms with van der Waals surface area (Å²) in [4.78, 5) is 2.28. The third-order valence-electron chi connectivity index (χ3n) is 5.13. The second-order valence-electron chi connectivity index (χ2n) is 7.11. The van der Waals surface area contributed by atoms with E-state index in [0.29, 0.717) is 0 Å². The van der Waals surface area contributed by atoms with Crippen LogP contribution in [-0.4, -0.2) is 0 Å². The molecule has 4 aromatic carbocycles. The molecule has 0 amide bonds.